The number of H-pyrrole nitrogens is 1. The summed E-state index contributed by atoms with van der Waals surface area (Å²) in [6.07, 6.45) is 4.89. The van der Waals surface area contributed by atoms with E-state index in [1.54, 1.807) is 18.5 Å². The SMILES string of the molecule is O=C(NCc1cn[nH]c1)c1cc(Br)cnc1Cl. The van der Waals surface area contributed by atoms with Crippen LogP contribution in [-0.2, 0) is 6.54 Å². The molecule has 0 aliphatic heterocycles. The highest BCUT2D eigenvalue weighted by molar-refractivity contribution is 9.10. The molecule has 0 saturated carbocycles. The topological polar surface area (TPSA) is 70.7 Å². The van der Waals surface area contributed by atoms with Gasteiger partial charge in [-0.25, -0.2) is 4.98 Å². The molecule has 0 spiro atoms. The minimum Gasteiger partial charge on any atom is -0.348 e. The summed E-state index contributed by atoms with van der Waals surface area (Å²) < 4.78 is 0.704. The molecule has 0 bridgehead atoms. The third-order valence-electron chi connectivity index (χ3n) is 2.06. The molecule has 88 valence electrons. The van der Waals surface area contributed by atoms with Crippen molar-refractivity contribution in [1.29, 1.82) is 0 Å². The fraction of sp³-hybridized carbons (Fsp3) is 0.100. The zero-order chi connectivity index (χ0) is 12.3. The van der Waals surface area contributed by atoms with Crippen LogP contribution < -0.4 is 5.32 Å². The van der Waals surface area contributed by atoms with Gasteiger partial charge in [-0.05, 0) is 22.0 Å². The molecule has 0 radical (unpaired) electrons. The van der Waals surface area contributed by atoms with Crippen LogP contribution in [0.1, 0.15) is 15.9 Å². The maximum absolute atomic E-state index is 11.8. The Morgan fingerprint density at radius 1 is 1.53 bits per heavy atom. The van der Waals surface area contributed by atoms with Crippen molar-refractivity contribution in [3.05, 3.63) is 45.4 Å². The van der Waals surface area contributed by atoms with E-state index in [1.807, 2.05) is 0 Å². The monoisotopic (exact) mass is 314 g/mol. The number of aromatic nitrogens is 3. The van der Waals surface area contributed by atoms with Gasteiger partial charge in [0, 0.05) is 29.0 Å². The predicted molar refractivity (Wildman–Crippen MR) is 66.7 cm³/mol. The van der Waals surface area contributed by atoms with E-state index >= 15 is 0 Å². The van der Waals surface area contributed by atoms with E-state index in [0.29, 0.717) is 16.6 Å². The highest BCUT2D eigenvalue weighted by Gasteiger charge is 2.11. The van der Waals surface area contributed by atoms with Crippen LogP contribution in [0, 0.1) is 0 Å². The molecule has 17 heavy (non-hydrogen) atoms. The Kier molecular flexibility index (Phi) is 3.75. The summed E-state index contributed by atoms with van der Waals surface area (Å²) >= 11 is 9.08. The molecule has 2 rings (SSSR count). The minimum absolute atomic E-state index is 0.179. The standard InChI is InChI=1S/C10H8BrClN4O/c11-7-1-8(9(12)13-5-7)10(17)14-2-6-3-15-16-4-6/h1,3-5H,2H2,(H,14,17)(H,15,16). The molecule has 0 aliphatic carbocycles. The quantitative estimate of drug-likeness (QED) is 0.853. The fourth-order valence-electron chi connectivity index (χ4n) is 1.23. The van der Waals surface area contributed by atoms with Gasteiger partial charge in [-0.3, -0.25) is 9.89 Å². The lowest BCUT2D eigenvalue weighted by molar-refractivity contribution is 0.0950. The Morgan fingerprint density at radius 3 is 3.06 bits per heavy atom. The first-order chi connectivity index (χ1) is 8.16. The molecule has 0 saturated heterocycles. The van der Waals surface area contributed by atoms with Gasteiger partial charge in [-0.1, -0.05) is 11.6 Å². The Hall–Kier alpha value is -1.40. The third-order valence-corrected chi connectivity index (χ3v) is 2.79. The van der Waals surface area contributed by atoms with Crippen LogP contribution in [0.4, 0.5) is 0 Å². The second kappa shape index (κ2) is 5.29. The molecule has 2 aromatic rings. The second-order valence-electron chi connectivity index (χ2n) is 3.28. The molecule has 0 fully saturated rings. The largest absolute Gasteiger partial charge is 0.348 e. The summed E-state index contributed by atoms with van der Waals surface area (Å²) in [5, 5.41) is 9.35. The van der Waals surface area contributed by atoms with Crippen LogP contribution >= 0.6 is 27.5 Å². The highest BCUT2D eigenvalue weighted by Crippen LogP contribution is 2.17. The zero-order valence-corrected chi connectivity index (χ0v) is 10.9. The Balaban J connectivity index is 2.07. The highest BCUT2D eigenvalue weighted by atomic mass is 79.9. The smallest absolute Gasteiger partial charge is 0.254 e. The van der Waals surface area contributed by atoms with Gasteiger partial charge in [-0.2, -0.15) is 5.10 Å². The summed E-state index contributed by atoms with van der Waals surface area (Å²) in [5.74, 6) is -0.273. The number of carbonyl (C=O) groups is 1. The van der Waals surface area contributed by atoms with Gasteiger partial charge >= 0.3 is 0 Å². The molecular formula is C10H8BrClN4O. The molecule has 1 amide bonds. The van der Waals surface area contributed by atoms with Crippen molar-refractivity contribution in [2.45, 2.75) is 6.54 Å². The number of hydrogen-bond acceptors (Lipinski definition) is 3. The van der Waals surface area contributed by atoms with Crippen molar-refractivity contribution < 1.29 is 4.79 Å². The Bertz CT molecular complexity index is 529. The summed E-state index contributed by atoms with van der Waals surface area (Å²) in [5.41, 5.74) is 1.22. The Morgan fingerprint density at radius 2 is 2.35 bits per heavy atom. The van der Waals surface area contributed by atoms with Crippen LogP contribution in [0.3, 0.4) is 0 Å². The van der Waals surface area contributed by atoms with Gasteiger partial charge in [0.1, 0.15) is 5.15 Å². The van der Waals surface area contributed by atoms with Gasteiger partial charge in [0.25, 0.3) is 5.91 Å². The van der Waals surface area contributed by atoms with Crippen molar-refractivity contribution in [3.63, 3.8) is 0 Å². The third kappa shape index (κ3) is 3.04. The van der Waals surface area contributed by atoms with Gasteiger partial charge in [0.2, 0.25) is 0 Å². The average Bonchev–Trinajstić information content (AvgIpc) is 2.82. The van der Waals surface area contributed by atoms with Gasteiger partial charge in [-0.15, -0.1) is 0 Å². The zero-order valence-electron chi connectivity index (χ0n) is 8.58. The first kappa shape index (κ1) is 12.1. The van der Waals surface area contributed by atoms with E-state index < -0.39 is 0 Å². The lowest BCUT2D eigenvalue weighted by Gasteiger charge is -2.05. The molecule has 0 atom stereocenters. The minimum atomic E-state index is -0.273. The number of amides is 1. The molecule has 2 N–H and O–H groups in total. The van der Waals surface area contributed by atoms with Gasteiger partial charge in [0.15, 0.2) is 0 Å². The average molecular weight is 316 g/mol. The van der Waals surface area contributed by atoms with Gasteiger partial charge in [0.05, 0.1) is 11.8 Å². The lowest BCUT2D eigenvalue weighted by Crippen LogP contribution is -2.23. The molecule has 0 aromatic carbocycles. The lowest BCUT2D eigenvalue weighted by atomic mass is 10.2. The van der Waals surface area contributed by atoms with E-state index in [-0.39, 0.29) is 11.1 Å². The van der Waals surface area contributed by atoms with Crippen LogP contribution in [-0.4, -0.2) is 21.1 Å². The molecule has 7 heteroatoms. The van der Waals surface area contributed by atoms with Crippen molar-refractivity contribution in [2.75, 3.05) is 0 Å². The second-order valence-corrected chi connectivity index (χ2v) is 4.55. The van der Waals surface area contributed by atoms with Crippen LogP contribution in [0.5, 0.6) is 0 Å². The van der Waals surface area contributed by atoms with E-state index in [1.165, 1.54) is 6.20 Å². The van der Waals surface area contributed by atoms with Crippen LogP contribution in [0.2, 0.25) is 5.15 Å². The number of pyridine rings is 1. The normalized spacial score (nSPS) is 10.2. The maximum atomic E-state index is 11.8. The number of hydrogen-bond donors (Lipinski definition) is 2. The van der Waals surface area contributed by atoms with E-state index in [4.69, 9.17) is 11.6 Å². The number of halogens is 2. The summed E-state index contributed by atoms with van der Waals surface area (Å²) in [4.78, 5) is 15.7. The number of carbonyl (C=O) groups excluding carboxylic acids is 1. The molecule has 2 aromatic heterocycles. The van der Waals surface area contributed by atoms with Crippen molar-refractivity contribution >= 4 is 33.4 Å². The van der Waals surface area contributed by atoms with Gasteiger partial charge < -0.3 is 5.32 Å². The fourth-order valence-corrected chi connectivity index (χ4v) is 1.75. The summed E-state index contributed by atoms with van der Waals surface area (Å²) in [6, 6.07) is 1.63. The van der Waals surface area contributed by atoms with Crippen molar-refractivity contribution in [3.8, 4) is 0 Å². The molecule has 0 unspecified atom stereocenters. The molecule has 5 nitrogen and oxygen atoms in total. The number of rotatable bonds is 3. The van der Waals surface area contributed by atoms with Crippen LogP contribution in [0.25, 0.3) is 0 Å². The number of nitrogens with one attached hydrogen (secondary N) is 2. The van der Waals surface area contributed by atoms with E-state index in [2.05, 4.69) is 36.4 Å². The molecule has 0 aliphatic rings. The maximum Gasteiger partial charge on any atom is 0.254 e. The van der Waals surface area contributed by atoms with Crippen LogP contribution in [0.15, 0.2) is 29.1 Å². The number of aromatic amines is 1. The molecule has 2 heterocycles. The number of nitrogens with zero attached hydrogens (tertiary/aromatic N) is 2. The Labute approximate surface area is 111 Å². The van der Waals surface area contributed by atoms with Crippen molar-refractivity contribution in [2.24, 2.45) is 0 Å². The van der Waals surface area contributed by atoms with Crippen molar-refractivity contribution in [1.82, 2.24) is 20.5 Å². The first-order valence-corrected chi connectivity index (χ1v) is 5.91. The summed E-state index contributed by atoms with van der Waals surface area (Å²) in [6.45, 7) is 0.387. The van der Waals surface area contributed by atoms with E-state index in [0.717, 1.165) is 5.56 Å². The molecular weight excluding hydrogens is 307 g/mol. The first-order valence-electron chi connectivity index (χ1n) is 4.73. The summed E-state index contributed by atoms with van der Waals surface area (Å²) in [7, 11) is 0. The predicted octanol–water partition coefficient (Wildman–Crippen LogP) is 2.15. The van der Waals surface area contributed by atoms with E-state index in [9.17, 15) is 4.79 Å².